The van der Waals surface area contributed by atoms with Crippen molar-refractivity contribution >= 4 is 12.4 Å². The van der Waals surface area contributed by atoms with Crippen LogP contribution in [-0.4, -0.2) is 19.3 Å². The zero-order chi connectivity index (χ0) is 12.7. The van der Waals surface area contributed by atoms with E-state index in [1.165, 1.54) is 6.08 Å². The Labute approximate surface area is 113 Å². The Morgan fingerprint density at radius 1 is 1.28 bits per heavy atom. The first-order valence-electron chi connectivity index (χ1n) is 5.56. The molecule has 0 atom stereocenters. The Kier molecular flexibility index (Phi) is 8.16. The summed E-state index contributed by atoms with van der Waals surface area (Å²) in [6.45, 7) is 3.99. The second-order valence-electron chi connectivity index (χ2n) is 3.81. The Morgan fingerprint density at radius 3 is 2.33 bits per heavy atom. The molecule has 0 saturated heterocycles. The van der Waals surface area contributed by atoms with E-state index in [-0.39, 0.29) is 37.5 Å². The second kappa shape index (κ2) is 8.78. The molecule has 2 N–H and O–H groups in total. The van der Waals surface area contributed by atoms with Gasteiger partial charge in [0.2, 0.25) is 0 Å². The van der Waals surface area contributed by atoms with Gasteiger partial charge in [0.25, 0.3) is 0 Å². The molecular weight excluding hydrogens is 257 g/mol. The molecule has 0 bridgehead atoms. The Hall–Kier alpha value is -1.26. The molecule has 0 aliphatic heterocycles. The lowest BCUT2D eigenvalue weighted by Crippen LogP contribution is -2.05. The second-order valence-corrected chi connectivity index (χ2v) is 3.81. The van der Waals surface area contributed by atoms with Crippen molar-refractivity contribution in [2.45, 2.75) is 20.0 Å². The quantitative estimate of drug-likeness (QED) is 0.868. The molecule has 0 aromatic heterocycles. The molecule has 0 amide bonds. The lowest BCUT2D eigenvalue weighted by Gasteiger charge is -2.10. The highest BCUT2D eigenvalue weighted by Crippen LogP contribution is 2.19. The third-order valence-corrected chi connectivity index (χ3v) is 1.91. The molecule has 0 saturated carbocycles. The SMILES string of the molecule is CC(C)Oc1ccc(OCC(F)=CCN)cc1.Cl. The molecule has 1 aromatic rings. The maximum Gasteiger partial charge on any atom is 0.139 e. The highest BCUT2D eigenvalue weighted by Gasteiger charge is 2.00. The zero-order valence-corrected chi connectivity index (χ0v) is 11.4. The van der Waals surface area contributed by atoms with Crippen molar-refractivity contribution in [1.29, 1.82) is 0 Å². The van der Waals surface area contributed by atoms with E-state index < -0.39 is 0 Å². The van der Waals surface area contributed by atoms with Gasteiger partial charge in [-0.1, -0.05) is 0 Å². The van der Waals surface area contributed by atoms with Crippen LogP contribution in [0, 0.1) is 0 Å². The summed E-state index contributed by atoms with van der Waals surface area (Å²) in [5.41, 5.74) is 5.18. The van der Waals surface area contributed by atoms with Crippen LogP contribution in [0.5, 0.6) is 11.5 Å². The lowest BCUT2D eigenvalue weighted by molar-refractivity contribution is 0.241. The summed E-state index contributed by atoms with van der Waals surface area (Å²) in [7, 11) is 0. The van der Waals surface area contributed by atoms with Gasteiger partial charge in [0.05, 0.1) is 6.10 Å². The van der Waals surface area contributed by atoms with Gasteiger partial charge in [-0.2, -0.15) is 0 Å². The molecule has 1 rings (SSSR count). The first-order chi connectivity index (χ1) is 8.11. The Bertz CT molecular complexity index is 366. The van der Waals surface area contributed by atoms with Crippen molar-refractivity contribution in [3.05, 3.63) is 36.2 Å². The highest BCUT2D eigenvalue weighted by molar-refractivity contribution is 5.85. The highest BCUT2D eigenvalue weighted by atomic mass is 35.5. The van der Waals surface area contributed by atoms with Crippen molar-refractivity contribution in [3.63, 3.8) is 0 Å². The summed E-state index contributed by atoms with van der Waals surface area (Å²) in [5, 5.41) is 0. The number of benzene rings is 1. The molecule has 0 heterocycles. The molecule has 0 fully saturated rings. The van der Waals surface area contributed by atoms with Crippen molar-refractivity contribution in [2.75, 3.05) is 13.2 Å². The summed E-state index contributed by atoms with van der Waals surface area (Å²) in [4.78, 5) is 0. The van der Waals surface area contributed by atoms with Crippen LogP contribution in [0.15, 0.2) is 36.2 Å². The van der Waals surface area contributed by atoms with E-state index in [1.54, 1.807) is 24.3 Å². The van der Waals surface area contributed by atoms with Crippen LogP contribution in [0.25, 0.3) is 0 Å². The third kappa shape index (κ3) is 6.47. The van der Waals surface area contributed by atoms with Gasteiger partial charge in [-0.3, -0.25) is 0 Å². The molecule has 3 nitrogen and oxygen atoms in total. The van der Waals surface area contributed by atoms with Gasteiger partial charge in [-0.15, -0.1) is 12.4 Å². The fraction of sp³-hybridized carbons (Fsp3) is 0.385. The molecule has 0 radical (unpaired) electrons. The molecule has 102 valence electrons. The summed E-state index contributed by atoms with van der Waals surface area (Å²) in [6.07, 6.45) is 1.42. The minimum absolute atomic E-state index is 0. The van der Waals surface area contributed by atoms with Crippen LogP contribution in [-0.2, 0) is 0 Å². The largest absolute Gasteiger partial charge is 0.491 e. The number of ether oxygens (including phenoxy) is 2. The van der Waals surface area contributed by atoms with Gasteiger partial charge in [-0.25, -0.2) is 4.39 Å². The molecule has 0 aliphatic carbocycles. The topological polar surface area (TPSA) is 44.5 Å². The van der Waals surface area contributed by atoms with Gasteiger partial charge >= 0.3 is 0 Å². The van der Waals surface area contributed by atoms with Crippen LogP contribution >= 0.6 is 12.4 Å². The van der Waals surface area contributed by atoms with Crippen molar-refractivity contribution in [3.8, 4) is 11.5 Å². The van der Waals surface area contributed by atoms with Gasteiger partial charge in [0, 0.05) is 6.54 Å². The van der Waals surface area contributed by atoms with E-state index in [2.05, 4.69) is 0 Å². The minimum atomic E-state index is -0.366. The zero-order valence-electron chi connectivity index (χ0n) is 10.6. The average molecular weight is 276 g/mol. The van der Waals surface area contributed by atoms with E-state index in [0.29, 0.717) is 5.75 Å². The van der Waals surface area contributed by atoms with Crippen LogP contribution in [0.2, 0.25) is 0 Å². The smallest absolute Gasteiger partial charge is 0.139 e. The van der Waals surface area contributed by atoms with E-state index in [1.807, 2.05) is 13.8 Å². The number of nitrogens with two attached hydrogens (primary N) is 1. The molecule has 18 heavy (non-hydrogen) atoms. The maximum atomic E-state index is 13.0. The first-order valence-corrected chi connectivity index (χ1v) is 5.56. The molecule has 0 spiro atoms. The van der Waals surface area contributed by atoms with Crippen LogP contribution < -0.4 is 15.2 Å². The van der Waals surface area contributed by atoms with Crippen LogP contribution in [0.1, 0.15) is 13.8 Å². The van der Waals surface area contributed by atoms with E-state index in [0.717, 1.165) is 5.75 Å². The summed E-state index contributed by atoms with van der Waals surface area (Å²) in [6, 6.07) is 7.07. The Balaban J connectivity index is 0.00000289. The van der Waals surface area contributed by atoms with E-state index >= 15 is 0 Å². The van der Waals surface area contributed by atoms with Gasteiger partial charge in [0.15, 0.2) is 0 Å². The standard InChI is InChI=1S/C13H18FNO2.ClH/c1-10(2)17-13-5-3-12(4-6-13)16-9-11(14)7-8-15;/h3-7,10H,8-9,15H2,1-2H3;1H. The third-order valence-electron chi connectivity index (χ3n) is 1.91. The normalized spacial score (nSPS) is 11.1. The average Bonchev–Trinajstić information content (AvgIpc) is 2.28. The predicted octanol–water partition coefficient (Wildman–Crippen LogP) is 3.09. The summed E-state index contributed by atoms with van der Waals surface area (Å²) < 4.78 is 23.7. The van der Waals surface area contributed by atoms with Crippen LogP contribution in [0.3, 0.4) is 0 Å². The molecular formula is C13H19ClFNO2. The Morgan fingerprint density at radius 2 is 1.83 bits per heavy atom. The van der Waals surface area contributed by atoms with E-state index in [4.69, 9.17) is 15.2 Å². The molecule has 5 heteroatoms. The number of halogens is 2. The lowest BCUT2D eigenvalue weighted by atomic mass is 10.3. The van der Waals surface area contributed by atoms with Gasteiger partial charge in [0.1, 0.15) is 23.9 Å². The number of hydrogen-bond acceptors (Lipinski definition) is 3. The minimum Gasteiger partial charge on any atom is -0.491 e. The maximum absolute atomic E-state index is 13.0. The summed E-state index contributed by atoms with van der Waals surface area (Å²) in [5.74, 6) is 1.00. The number of hydrogen-bond donors (Lipinski definition) is 1. The monoisotopic (exact) mass is 275 g/mol. The molecule has 1 aromatic carbocycles. The van der Waals surface area contributed by atoms with E-state index in [9.17, 15) is 4.39 Å². The van der Waals surface area contributed by atoms with Gasteiger partial charge in [-0.05, 0) is 44.2 Å². The number of rotatable bonds is 6. The first kappa shape index (κ1) is 16.7. The fourth-order valence-electron chi connectivity index (χ4n) is 1.23. The summed E-state index contributed by atoms with van der Waals surface area (Å²) >= 11 is 0. The molecule has 0 aliphatic rings. The fourth-order valence-corrected chi connectivity index (χ4v) is 1.23. The predicted molar refractivity (Wildman–Crippen MR) is 73.2 cm³/mol. The van der Waals surface area contributed by atoms with Crippen molar-refractivity contribution in [1.82, 2.24) is 0 Å². The molecule has 0 unspecified atom stereocenters. The van der Waals surface area contributed by atoms with Gasteiger partial charge < -0.3 is 15.2 Å². The van der Waals surface area contributed by atoms with Crippen molar-refractivity contribution in [2.24, 2.45) is 5.73 Å². The van der Waals surface area contributed by atoms with Crippen LogP contribution in [0.4, 0.5) is 4.39 Å². The van der Waals surface area contributed by atoms with Crippen molar-refractivity contribution < 1.29 is 13.9 Å².